The monoisotopic (exact) mass is 383 g/mol. The van der Waals surface area contributed by atoms with Crippen molar-refractivity contribution in [3.63, 3.8) is 0 Å². The highest BCUT2D eigenvalue weighted by atomic mass is 79.9. The molecule has 1 aromatic carbocycles. The summed E-state index contributed by atoms with van der Waals surface area (Å²) in [4.78, 5) is 1.37. The van der Waals surface area contributed by atoms with Crippen LogP contribution in [-0.4, -0.2) is 57.2 Å². The SMILES string of the molecule is O=S(=O)(c1ccc(Br)cc1Cl)N1CC[NH+](CCO)CC1. The van der Waals surface area contributed by atoms with Crippen molar-refractivity contribution in [2.24, 2.45) is 0 Å². The molecule has 1 aliphatic rings. The predicted octanol–water partition coefficient (Wildman–Crippen LogP) is -0.0160. The van der Waals surface area contributed by atoms with E-state index < -0.39 is 10.0 Å². The second-order valence-corrected chi connectivity index (χ2v) is 7.93. The molecule has 0 radical (unpaired) electrons. The van der Waals surface area contributed by atoms with E-state index in [-0.39, 0.29) is 16.5 Å². The standard InChI is InChI=1S/C12H16BrClN2O3S/c13-10-1-2-12(11(14)9-10)20(18,19)16-5-3-15(4-6-16)7-8-17/h1-2,9,17H,3-8H2/p+1. The van der Waals surface area contributed by atoms with Crippen molar-refractivity contribution in [1.29, 1.82) is 0 Å². The molecule has 0 atom stereocenters. The Kier molecular flexibility index (Phi) is 5.44. The van der Waals surface area contributed by atoms with Gasteiger partial charge in [0, 0.05) is 4.47 Å². The van der Waals surface area contributed by atoms with Gasteiger partial charge in [-0.25, -0.2) is 8.42 Å². The van der Waals surface area contributed by atoms with Crippen LogP contribution in [-0.2, 0) is 10.0 Å². The lowest BCUT2D eigenvalue weighted by atomic mass is 10.3. The number of nitrogens with zero attached hydrogens (tertiary/aromatic N) is 1. The molecule has 2 rings (SSSR count). The number of hydrogen-bond acceptors (Lipinski definition) is 3. The summed E-state index contributed by atoms with van der Waals surface area (Å²) in [5.41, 5.74) is 0. The van der Waals surface area contributed by atoms with Crippen molar-refractivity contribution in [3.05, 3.63) is 27.7 Å². The van der Waals surface area contributed by atoms with Gasteiger partial charge in [-0.1, -0.05) is 27.5 Å². The van der Waals surface area contributed by atoms with E-state index in [4.69, 9.17) is 16.7 Å². The predicted molar refractivity (Wildman–Crippen MR) is 80.6 cm³/mol. The van der Waals surface area contributed by atoms with Crippen molar-refractivity contribution < 1.29 is 18.4 Å². The van der Waals surface area contributed by atoms with Gasteiger partial charge in [0.1, 0.15) is 11.4 Å². The Hall–Kier alpha value is -0.180. The number of aliphatic hydroxyl groups excluding tert-OH is 1. The lowest BCUT2D eigenvalue weighted by Gasteiger charge is -2.31. The van der Waals surface area contributed by atoms with E-state index in [9.17, 15) is 8.42 Å². The quantitative estimate of drug-likeness (QED) is 0.767. The third-order valence-electron chi connectivity index (χ3n) is 3.41. The first kappa shape index (κ1) is 16.2. The first-order valence-electron chi connectivity index (χ1n) is 6.35. The van der Waals surface area contributed by atoms with Crippen molar-refractivity contribution >= 4 is 37.6 Å². The molecule has 0 amide bonds. The minimum atomic E-state index is -3.54. The van der Waals surface area contributed by atoms with Gasteiger partial charge >= 0.3 is 0 Å². The number of sulfonamides is 1. The lowest BCUT2D eigenvalue weighted by molar-refractivity contribution is -0.904. The first-order chi connectivity index (χ1) is 9.45. The van der Waals surface area contributed by atoms with E-state index in [0.29, 0.717) is 32.7 Å². The number of nitrogens with one attached hydrogen (secondary N) is 1. The fraction of sp³-hybridized carbons (Fsp3) is 0.500. The van der Waals surface area contributed by atoms with Crippen molar-refractivity contribution in [1.82, 2.24) is 4.31 Å². The molecule has 0 unspecified atom stereocenters. The molecule has 1 fully saturated rings. The van der Waals surface area contributed by atoms with Gasteiger partial charge in [-0.2, -0.15) is 4.31 Å². The molecule has 8 heteroatoms. The van der Waals surface area contributed by atoms with Gasteiger partial charge in [0.2, 0.25) is 10.0 Å². The van der Waals surface area contributed by atoms with Crippen LogP contribution in [0.3, 0.4) is 0 Å². The summed E-state index contributed by atoms with van der Waals surface area (Å²) in [6, 6.07) is 4.78. The molecular weight excluding hydrogens is 368 g/mol. The molecule has 1 saturated heterocycles. The van der Waals surface area contributed by atoms with Crippen molar-refractivity contribution in [2.45, 2.75) is 4.90 Å². The topological polar surface area (TPSA) is 62.0 Å². The molecule has 0 spiro atoms. The molecule has 1 heterocycles. The minimum Gasteiger partial charge on any atom is -0.391 e. The summed E-state index contributed by atoms with van der Waals surface area (Å²) in [6.07, 6.45) is 0. The molecule has 1 aromatic rings. The van der Waals surface area contributed by atoms with Crippen LogP contribution < -0.4 is 4.90 Å². The molecule has 1 aliphatic heterocycles. The zero-order valence-electron chi connectivity index (χ0n) is 10.8. The van der Waals surface area contributed by atoms with E-state index in [1.54, 1.807) is 12.1 Å². The highest BCUT2D eigenvalue weighted by molar-refractivity contribution is 9.10. The Balaban J connectivity index is 2.15. The molecule has 2 N–H and O–H groups in total. The highest BCUT2D eigenvalue weighted by Gasteiger charge is 2.31. The fourth-order valence-corrected chi connectivity index (χ4v) is 4.73. The number of halogens is 2. The average Bonchev–Trinajstić information content (AvgIpc) is 2.39. The van der Waals surface area contributed by atoms with Crippen LogP contribution in [0.1, 0.15) is 0 Å². The van der Waals surface area contributed by atoms with Crippen LogP contribution in [0.25, 0.3) is 0 Å². The minimum absolute atomic E-state index is 0.126. The molecule has 112 valence electrons. The zero-order chi connectivity index (χ0) is 14.8. The highest BCUT2D eigenvalue weighted by Crippen LogP contribution is 2.27. The Morgan fingerprint density at radius 1 is 1.35 bits per heavy atom. The Labute approximate surface area is 132 Å². The van der Waals surface area contributed by atoms with Crippen LogP contribution in [0.2, 0.25) is 5.02 Å². The number of rotatable bonds is 4. The van der Waals surface area contributed by atoms with Gasteiger partial charge in [0.25, 0.3) is 0 Å². The van der Waals surface area contributed by atoms with Crippen molar-refractivity contribution in [3.8, 4) is 0 Å². The van der Waals surface area contributed by atoms with Crippen LogP contribution in [0.4, 0.5) is 0 Å². The van der Waals surface area contributed by atoms with E-state index in [1.165, 1.54) is 15.3 Å². The number of quaternary nitrogens is 1. The van der Waals surface area contributed by atoms with Crippen LogP contribution in [0.15, 0.2) is 27.6 Å². The summed E-state index contributed by atoms with van der Waals surface area (Å²) in [6.45, 7) is 3.09. The maximum Gasteiger partial charge on any atom is 0.244 e. The van der Waals surface area contributed by atoms with E-state index in [1.807, 2.05) is 0 Å². The van der Waals surface area contributed by atoms with E-state index in [0.717, 1.165) is 4.47 Å². The summed E-state index contributed by atoms with van der Waals surface area (Å²) in [7, 11) is -3.54. The second kappa shape index (κ2) is 6.72. The van der Waals surface area contributed by atoms with Gasteiger partial charge in [0.05, 0.1) is 37.8 Å². The Morgan fingerprint density at radius 2 is 2.00 bits per heavy atom. The second-order valence-electron chi connectivity index (χ2n) is 4.70. The summed E-state index contributed by atoms with van der Waals surface area (Å²) < 4.78 is 27.3. The molecule has 0 aliphatic carbocycles. The van der Waals surface area contributed by atoms with Gasteiger partial charge in [0.15, 0.2) is 0 Å². The maximum absolute atomic E-state index is 12.6. The number of benzene rings is 1. The smallest absolute Gasteiger partial charge is 0.244 e. The Bertz CT molecular complexity index is 574. The average molecular weight is 385 g/mol. The summed E-state index contributed by atoms with van der Waals surface area (Å²) in [5.74, 6) is 0. The number of hydrogen-bond donors (Lipinski definition) is 2. The van der Waals surface area contributed by atoms with Crippen LogP contribution in [0.5, 0.6) is 0 Å². The molecule has 20 heavy (non-hydrogen) atoms. The molecule has 0 aromatic heterocycles. The fourth-order valence-electron chi connectivity index (χ4n) is 2.27. The van der Waals surface area contributed by atoms with Crippen LogP contribution in [0, 0.1) is 0 Å². The summed E-state index contributed by atoms with van der Waals surface area (Å²) in [5, 5.41) is 9.14. The largest absolute Gasteiger partial charge is 0.391 e. The normalized spacial score (nSPS) is 18.4. The van der Waals surface area contributed by atoms with Gasteiger partial charge < -0.3 is 10.0 Å². The first-order valence-corrected chi connectivity index (χ1v) is 8.96. The van der Waals surface area contributed by atoms with Gasteiger partial charge in [-0.3, -0.25) is 0 Å². The molecule has 0 saturated carbocycles. The van der Waals surface area contributed by atoms with Gasteiger partial charge in [-0.05, 0) is 18.2 Å². The summed E-state index contributed by atoms with van der Waals surface area (Å²) >= 11 is 9.30. The lowest BCUT2D eigenvalue weighted by Crippen LogP contribution is -3.15. The zero-order valence-corrected chi connectivity index (χ0v) is 14.0. The van der Waals surface area contributed by atoms with Crippen molar-refractivity contribution in [2.75, 3.05) is 39.3 Å². The number of piperazine rings is 1. The molecule has 0 bridgehead atoms. The molecule has 5 nitrogen and oxygen atoms in total. The van der Waals surface area contributed by atoms with E-state index >= 15 is 0 Å². The molecular formula is C12H17BrClN2O3S+. The third kappa shape index (κ3) is 3.52. The number of aliphatic hydroxyl groups is 1. The van der Waals surface area contributed by atoms with E-state index in [2.05, 4.69) is 15.9 Å². The third-order valence-corrected chi connectivity index (χ3v) is 6.28. The van der Waals surface area contributed by atoms with Gasteiger partial charge in [-0.15, -0.1) is 0 Å². The maximum atomic E-state index is 12.6. The Morgan fingerprint density at radius 3 is 2.55 bits per heavy atom. The van der Waals surface area contributed by atoms with Crippen LogP contribution >= 0.6 is 27.5 Å².